The lowest BCUT2D eigenvalue weighted by Crippen LogP contribution is -2.30. The van der Waals surface area contributed by atoms with Crippen molar-refractivity contribution in [2.75, 3.05) is 13.1 Å². The van der Waals surface area contributed by atoms with Gasteiger partial charge in [-0.15, -0.1) is 11.3 Å². The van der Waals surface area contributed by atoms with Crippen LogP contribution in [-0.4, -0.2) is 36.8 Å². The van der Waals surface area contributed by atoms with Gasteiger partial charge in [-0.05, 0) is 23.8 Å². The summed E-state index contributed by atoms with van der Waals surface area (Å²) in [7, 11) is -3.50. The van der Waals surface area contributed by atoms with Crippen LogP contribution in [0.15, 0.2) is 70.9 Å². The van der Waals surface area contributed by atoms with E-state index in [1.165, 1.54) is 21.7 Å². The maximum atomic E-state index is 12.5. The van der Waals surface area contributed by atoms with Gasteiger partial charge in [0.25, 0.3) is 0 Å². The molecule has 0 saturated heterocycles. The quantitative estimate of drug-likeness (QED) is 0.347. The second kappa shape index (κ2) is 10.5. The van der Waals surface area contributed by atoms with Gasteiger partial charge in [0.15, 0.2) is 0 Å². The molecule has 0 bridgehead atoms. The van der Waals surface area contributed by atoms with E-state index in [2.05, 4.69) is 4.98 Å². The van der Waals surface area contributed by atoms with Crippen LogP contribution in [0.5, 0.6) is 0 Å². The number of hydrogen-bond donors (Lipinski definition) is 0. The predicted molar refractivity (Wildman–Crippen MR) is 123 cm³/mol. The Morgan fingerprint density at radius 2 is 1.74 bits per heavy atom. The van der Waals surface area contributed by atoms with Gasteiger partial charge in [-0.1, -0.05) is 56.3 Å². The molecule has 0 radical (unpaired) electrons. The molecule has 0 aliphatic rings. The largest absolute Gasteiger partial charge is 0.456 e. The van der Waals surface area contributed by atoms with Crippen molar-refractivity contribution in [3.05, 3.63) is 77.3 Å². The van der Waals surface area contributed by atoms with Crippen LogP contribution in [0.3, 0.4) is 0 Å². The Hall–Kier alpha value is -2.81. The molecule has 0 atom stereocenters. The second-order valence-electron chi connectivity index (χ2n) is 6.61. The minimum atomic E-state index is -3.50. The Morgan fingerprint density at radius 3 is 2.39 bits per heavy atom. The number of hydrogen-bond acceptors (Lipinski definition) is 6. The van der Waals surface area contributed by atoms with Gasteiger partial charge in [0.05, 0.1) is 10.6 Å². The number of esters is 1. The molecule has 3 rings (SSSR count). The Bertz CT molecular complexity index is 1130. The normalized spacial score (nSPS) is 11.8. The van der Waals surface area contributed by atoms with Crippen LogP contribution in [0, 0.1) is 0 Å². The Morgan fingerprint density at radius 1 is 1.06 bits per heavy atom. The number of ether oxygens (including phenoxy) is 1. The van der Waals surface area contributed by atoms with Crippen LogP contribution >= 0.6 is 11.3 Å². The lowest BCUT2D eigenvalue weighted by atomic mass is 10.2. The van der Waals surface area contributed by atoms with Crippen molar-refractivity contribution in [3.8, 4) is 10.6 Å². The van der Waals surface area contributed by atoms with Crippen LogP contribution in [0.4, 0.5) is 0 Å². The van der Waals surface area contributed by atoms with Crippen LogP contribution in [0.25, 0.3) is 16.6 Å². The van der Waals surface area contributed by atoms with Crippen LogP contribution in [0.1, 0.15) is 25.1 Å². The molecule has 0 saturated carbocycles. The maximum absolute atomic E-state index is 12.5. The highest BCUT2D eigenvalue weighted by Gasteiger charge is 2.20. The first kappa shape index (κ1) is 22.9. The molecule has 0 aliphatic carbocycles. The molecule has 1 aromatic heterocycles. The molecule has 31 heavy (non-hydrogen) atoms. The minimum absolute atomic E-state index is 0.0908. The first-order chi connectivity index (χ1) is 14.9. The summed E-state index contributed by atoms with van der Waals surface area (Å²) >= 11 is 1.50. The number of carbonyl (C=O) groups is 1. The van der Waals surface area contributed by atoms with E-state index in [0.717, 1.165) is 10.6 Å². The zero-order chi connectivity index (χ0) is 22.3. The van der Waals surface area contributed by atoms with E-state index >= 15 is 0 Å². The zero-order valence-corrected chi connectivity index (χ0v) is 19.0. The summed E-state index contributed by atoms with van der Waals surface area (Å²) in [6, 6.07) is 16.2. The molecule has 0 unspecified atom stereocenters. The third kappa shape index (κ3) is 5.88. The van der Waals surface area contributed by atoms with Crippen LogP contribution < -0.4 is 0 Å². The summed E-state index contributed by atoms with van der Waals surface area (Å²) < 4.78 is 31.7. The highest BCUT2D eigenvalue weighted by Crippen LogP contribution is 2.23. The fourth-order valence-corrected chi connectivity index (χ4v) is 5.18. The average Bonchev–Trinajstić information content (AvgIpc) is 3.27. The number of rotatable bonds is 9. The smallest absolute Gasteiger partial charge is 0.331 e. The molecule has 6 nitrogen and oxygen atoms in total. The molecule has 1 heterocycles. The maximum Gasteiger partial charge on any atom is 0.331 e. The van der Waals surface area contributed by atoms with E-state index in [1.54, 1.807) is 44.2 Å². The number of carbonyl (C=O) groups excluding carboxylic acids is 1. The van der Waals surface area contributed by atoms with Gasteiger partial charge in [0.1, 0.15) is 11.6 Å². The number of aromatic nitrogens is 1. The van der Waals surface area contributed by atoms with Gasteiger partial charge in [-0.25, -0.2) is 18.2 Å². The van der Waals surface area contributed by atoms with E-state index in [1.807, 2.05) is 35.7 Å². The van der Waals surface area contributed by atoms with E-state index in [-0.39, 0.29) is 11.5 Å². The minimum Gasteiger partial charge on any atom is -0.456 e. The number of sulfonamides is 1. The molecule has 0 N–H and O–H groups in total. The molecule has 162 valence electrons. The molecule has 2 aromatic carbocycles. The fourth-order valence-electron chi connectivity index (χ4n) is 2.91. The fraction of sp³-hybridized carbons (Fsp3) is 0.217. The summed E-state index contributed by atoms with van der Waals surface area (Å²) in [6.07, 6.45) is 2.91. The highest BCUT2D eigenvalue weighted by atomic mass is 32.2. The lowest BCUT2D eigenvalue weighted by molar-refractivity contribution is -0.139. The van der Waals surface area contributed by atoms with Gasteiger partial charge in [0, 0.05) is 30.1 Å². The first-order valence-corrected chi connectivity index (χ1v) is 12.2. The number of nitrogens with zero attached hydrogens (tertiary/aromatic N) is 2. The molecule has 0 fully saturated rings. The first-order valence-electron chi connectivity index (χ1n) is 9.89. The molecule has 3 aromatic rings. The van der Waals surface area contributed by atoms with Crippen molar-refractivity contribution >= 4 is 33.4 Å². The summed E-state index contributed by atoms with van der Waals surface area (Å²) in [5, 5.41) is 2.75. The van der Waals surface area contributed by atoms with Gasteiger partial charge in [-0.3, -0.25) is 0 Å². The van der Waals surface area contributed by atoms with Gasteiger partial charge in [-0.2, -0.15) is 4.31 Å². The topological polar surface area (TPSA) is 76.6 Å². The molecular weight excluding hydrogens is 432 g/mol. The van der Waals surface area contributed by atoms with Gasteiger partial charge in [0.2, 0.25) is 10.0 Å². The summed E-state index contributed by atoms with van der Waals surface area (Å²) in [5.74, 6) is -0.492. The van der Waals surface area contributed by atoms with Crippen molar-refractivity contribution in [2.24, 2.45) is 0 Å². The van der Waals surface area contributed by atoms with Crippen LogP contribution in [0.2, 0.25) is 0 Å². The molecule has 8 heteroatoms. The van der Waals surface area contributed by atoms with Crippen molar-refractivity contribution in [1.29, 1.82) is 0 Å². The van der Waals surface area contributed by atoms with E-state index in [9.17, 15) is 13.2 Å². The zero-order valence-electron chi connectivity index (χ0n) is 17.4. The summed E-state index contributed by atoms with van der Waals surface area (Å²) in [4.78, 5) is 16.7. The third-order valence-electron chi connectivity index (χ3n) is 4.57. The lowest BCUT2D eigenvalue weighted by Gasteiger charge is -2.18. The van der Waals surface area contributed by atoms with Crippen molar-refractivity contribution in [2.45, 2.75) is 25.3 Å². The predicted octanol–water partition coefficient (Wildman–Crippen LogP) is 4.60. The van der Waals surface area contributed by atoms with Gasteiger partial charge < -0.3 is 4.74 Å². The third-order valence-corrected chi connectivity index (χ3v) is 7.57. The van der Waals surface area contributed by atoms with Gasteiger partial charge >= 0.3 is 5.97 Å². The van der Waals surface area contributed by atoms with Crippen molar-refractivity contribution in [1.82, 2.24) is 9.29 Å². The number of thiazole rings is 1. The monoisotopic (exact) mass is 456 g/mol. The Balaban J connectivity index is 1.56. The van der Waals surface area contributed by atoms with E-state index in [0.29, 0.717) is 24.3 Å². The average molecular weight is 457 g/mol. The van der Waals surface area contributed by atoms with Crippen LogP contribution in [-0.2, 0) is 26.2 Å². The van der Waals surface area contributed by atoms with E-state index < -0.39 is 16.0 Å². The van der Waals surface area contributed by atoms with Crippen molar-refractivity contribution < 1.29 is 17.9 Å². The molecule has 0 amide bonds. The van der Waals surface area contributed by atoms with E-state index in [4.69, 9.17) is 4.74 Å². The SMILES string of the molecule is CCN(CC)S(=O)(=O)c1ccc(C=CC(=O)OCc2csc(-c3ccccc3)n2)cc1. The summed E-state index contributed by atoms with van der Waals surface area (Å²) in [6.45, 7) is 4.53. The summed E-state index contributed by atoms with van der Waals surface area (Å²) in [5.41, 5.74) is 2.42. The second-order valence-corrected chi connectivity index (χ2v) is 9.41. The highest BCUT2D eigenvalue weighted by molar-refractivity contribution is 7.89. The Kier molecular flexibility index (Phi) is 7.73. The molecular formula is C23H24N2O4S2. The molecule has 0 spiro atoms. The standard InChI is InChI=1S/C23H24N2O4S2/c1-3-25(4-2)31(27,28)21-13-10-18(11-14-21)12-15-22(26)29-16-20-17-30-23(24-20)19-8-6-5-7-9-19/h5-15,17H,3-4,16H2,1-2H3. The number of benzene rings is 2. The Labute approximate surface area is 186 Å². The molecule has 0 aliphatic heterocycles. The van der Waals surface area contributed by atoms with Crippen molar-refractivity contribution in [3.63, 3.8) is 0 Å².